The summed E-state index contributed by atoms with van der Waals surface area (Å²) < 4.78 is 18.0. The maximum Gasteiger partial charge on any atom is 0.319 e. The van der Waals surface area contributed by atoms with Crippen LogP contribution in [-0.2, 0) is 0 Å². The number of ether oxygens (including phenoxy) is 1. The van der Waals surface area contributed by atoms with Gasteiger partial charge in [-0.05, 0) is 37.3 Å². The van der Waals surface area contributed by atoms with E-state index in [0.29, 0.717) is 17.0 Å². The number of carbonyl (C=O) groups excluding carboxylic acids is 1. The van der Waals surface area contributed by atoms with Crippen LogP contribution in [0.4, 0.5) is 20.6 Å². The second-order valence-corrected chi connectivity index (χ2v) is 5.46. The van der Waals surface area contributed by atoms with E-state index in [0.717, 1.165) is 0 Å². The predicted molar refractivity (Wildman–Crippen MR) is 92.8 cm³/mol. The SMILES string of the molecule is Cc1c(NC(=O)NCC(O)COc2ccc(F)cc2)cccc1[N+](=O)[O-]. The molecule has 0 heterocycles. The van der Waals surface area contributed by atoms with Gasteiger partial charge in [-0.2, -0.15) is 0 Å². The Bertz CT molecular complexity index is 782. The number of aliphatic hydroxyl groups is 1. The van der Waals surface area contributed by atoms with Crippen LogP contribution in [-0.4, -0.2) is 35.3 Å². The van der Waals surface area contributed by atoms with Crippen molar-refractivity contribution >= 4 is 17.4 Å². The molecule has 0 aliphatic heterocycles. The first kappa shape index (κ1) is 19.1. The number of amides is 2. The number of aliphatic hydroxyl groups excluding tert-OH is 1. The molecule has 2 aromatic rings. The van der Waals surface area contributed by atoms with Gasteiger partial charge in [0.15, 0.2) is 0 Å². The molecule has 0 aliphatic carbocycles. The predicted octanol–water partition coefficient (Wildman–Crippen LogP) is 2.60. The van der Waals surface area contributed by atoms with Crippen molar-refractivity contribution in [1.29, 1.82) is 0 Å². The van der Waals surface area contributed by atoms with E-state index in [4.69, 9.17) is 4.74 Å². The van der Waals surface area contributed by atoms with Gasteiger partial charge < -0.3 is 20.5 Å². The molecule has 2 aromatic carbocycles. The van der Waals surface area contributed by atoms with Gasteiger partial charge in [0.25, 0.3) is 5.69 Å². The second kappa shape index (κ2) is 8.77. The summed E-state index contributed by atoms with van der Waals surface area (Å²) in [5.74, 6) is -0.00482. The molecule has 0 fully saturated rings. The van der Waals surface area contributed by atoms with E-state index in [2.05, 4.69) is 10.6 Å². The number of carbonyl (C=O) groups is 1. The molecular weight excluding hydrogens is 345 g/mol. The molecule has 26 heavy (non-hydrogen) atoms. The van der Waals surface area contributed by atoms with Crippen molar-refractivity contribution in [2.24, 2.45) is 0 Å². The Labute approximate surface area is 148 Å². The zero-order chi connectivity index (χ0) is 19.1. The van der Waals surface area contributed by atoms with Gasteiger partial charge in [-0.1, -0.05) is 6.07 Å². The lowest BCUT2D eigenvalue weighted by molar-refractivity contribution is -0.385. The van der Waals surface area contributed by atoms with Crippen LogP contribution in [0.15, 0.2) is 42.5 Å². The zero-order valence-electron chi connectivity index (χ0n) is 13.9. The van der Waals surface area contributed by atoms with Gasteiger partial charge in [-0.15, -0.1) is 0 Å². The fourth-order valence-corrected chi connectivity index (χ4v) is 2.12. The van der Waals surface area contributed by atoms with E-state index in [9.17, 15) is 24.4 Å². The number of nitrogens with one attached hydrogen (secondary N) is 2. The number of nitro groups is 1. The molecule has 0 spiro atoms. The van der Waals surface area contributed by atoms with Crippen LogP contribution in [0.3, 0.4) is 0 Å². The minimum absolute atomic E-state index is 0.0955. The van der Waals surface area contributed by atoms with Crippen LogP contribution < -0.4 is 15.4 Å². The van der Waals surface area contributed by atoms with Crippen LogP contribution in [0.25, 0.3) is 0 Å². The molecule has 0 aliphatic rings. The number of benzene rings is 2. The highest BCUT2D eigenvalue weighted by Crippen LogP contribution is 2.24. The van der Waals surface area contributed by atoms with Crippen molar-refractivity contribution in [3.8, 4) is 5.75 Å². The minimum atomic E-state index is -0.989. The molecule has 0 saturated heterocycles. The lowest BCUT2D eigenvalue weighted by atomic mass is 10.1. The van der Waals surface area contributed by atoms with Crippen molar-refractivity contribution in [3.63, 3.8) is 0 Å². The molecule has 2 amide bonds. The van der Waals surface area contributed by atoms with Gasteiger partial charge in [0, 0.05) is 12.6 Å². The highest BCUT2D eigenvalue weighted by Gasteiger charge is 2.15. The van der Waals surface area contributed by atoms with Crippen LogP contribution in [0.2, 0.25) is 0 Å². The molecule has 0 radical (unpaired) electrons. The molecule has 138 valence electrons. The topological polar surface area (TPSA) is 114 Å². The maximum atomic E-state index is 12.8. The number of anilines is 1. The number of rotatable bonds is 7. The first-order valence-electron chi connectivity index (χ1n) is 7.72. The molecule has 9 heteroatoms. The van der Waals surface area contributed by atoms with Crippen molar-refractivity contribution < 1.29 is 24.0 Å². The number of nitro benzene ring substituents is 1. The number of urea groups is 1. The molecule has 0 saturated carbocycles. The summed E-state index contributed by atoms with van der Waals surface area (Å²) in [6.07, 6.45) is -0.989. The molecule has 0 bridgehead atoms. The van der Waals surface area contributed by atoms with E-state index < -0.39 is 22.9 Å². The summed E-state index contributed by atoms with van der Waals surface area (Å²) in [4.78, 5) is 22.2. The summed E-state index contributed by atoms with van der Waals surface area (Å²) in [6.45, 7) is 1.34. The zero-order valence-corrected chi connectivity index (χ0v) is 13.9. The van der Waals surface area contributed by atoms with E-state index >= 15 is 0 Å². The van der Waals surface area contributed by atoms with Crippen molar-refractivity contribution in [1.82, 2.24) is 5.32 Å². The monoisotopic (exact) mass is 363 g/mol. The Balaban J connectivity index is 1.80. The average molecular weight is 363 g/mol. The van der Waals surface area contributed by atoms with Gasteiger partial charge in [0.1, 0.15) is 24.3 Å². The van der Waals surface area contributed by atoms with Gasteiger partial charge in [0.05, 0.1) is 16.2 Å². The molecule has 0 aromatic heterocycles. The Morgan fingerprint density at radius 2 is 2.00 bits per heavy atom. The van der Waals surface area contributed by atoms with Crippen LogP contribution in [0.1, 0.15) is 5.56 Å². The van der Waals surface area contributed by atoms with Crippen molar-refractivity contribution in [2.75, 3.05) is 18.5 Å². The maximum absolute atomic E-state index is 12.8. The highest BCUT2D eigenvalue weighted by molar-refractivity contribution is 5.90. The minimum Gasteiger partial charge on any atom is -0.491 e. The van der Waals surface area contributed by atoms with Gasteiger partial charge in [-0.25, -0.2) is 9.18 Å². The normalized spacial score (nSPS) is 11.5. The molecule has 1 unspecified atom stereocenters. The third-order valence-electron chi connectivity index (χ3n) is 3.50. The fourth-order valence-electron chi connectivity index (χ4n) is 2.12. The van der Waals surface area contributed by atoms with Crippen LogP contribution in [0, 0.1) is 22.9 Å². The van der Waals surface area contributed by atoms with Crippen LogP contribution >= 0.6 is 0 Å². The molecular formula is C17H18FN3O5. The summed E-state index contributed by atoms with van der Waals surface area (Å²) in [7, 11) is 0. The Morgan fingerprint density at radius 3 is 2.65 bits per heavy atom. The van der Waals surface area contributed by atoms with Gasteiger partial charge >= 0.3 is 6.03 Å². The largest absolute Gasteiger partial charge is 0.491 e. The van der Waals surface area contributed by atoms with Crippen molar-refractivity contribution in [2.45, 2.75) is 13.0 Å². The summed E-state index contributed by atoms with van der Waals surface area (Å²) >= 11 is 0. The Kier molecular flexibility index (Phi) is 6.45. The Hall–Kier alpha value is -3.20. The highest BCUT2D eigenvalue weighted by atomic mass is 19.1. The molecule has 1 atom stereocenters. The van der Waals surface area contributed by atoms with Crippen LogP contribution in [0.5, 0.6) is 5.75 Å². The molecule has 2 rings (SSSR count). The third kappa shape index (κ3) is 5.42. The van der Waals surface area contributed by atoms with Crippen molar-refractivity contribution in [3.05, 3.63) is 64.0 Å². The van der Waals surface area contributed by atoms with E-state index in [-0.39, 0.29) is 18.8 Å². The first-order chi connectivity index (χ1) is 12.4. The standard InChI is InChI=1S/C17H18FN3O5/c1-11-15(3-2-4-16(11)21(24)25)20-17(23)19-9-13(22)10-26-14-7-5-12(18)6-8-14/h2-8,13,22H,9-10H2,1H3,(H2,19,20,23). The van der Waals surface area contributed by atoms with E-state index in [1.54, 1.807) is 0 Å². The summed E-state index contributed by atoms with van der Waals surface area (Å²) in [5, 5.41) is 25.6. The Morgan fingerprint density at radius 1 is 1.31 bits per heavy atom. The average Bonchev–Trinajstić information content (AvgIpc) is 2.61. The number of hydrogen-bond acceptors (Lipinski definition) is 5. The number of hydrogen-bond donors (Lipinski definition) is 3. The molecule has 3 N–H and O–H groups in total. The van der Waals surface area contributed by atoms with Gasteiger partial charge in [0.2, 0.25) is 0 Å². The van der Waals surface area contributed by atoms with E-state index in [1.165, 1.54) is 49.4 Å². The number of nitrogens with zero attached hydrogens (tertiary/aromatic N) is 1. The lowest BCUT2D eigenvalue weighted by Gasteiger charge is -2.14. The third-order valence-corrected chi connectivity index (χ3v) is 3.50. The van der Waals surface area contributed by atoms with Gasteiger partial charge in [-0.3, -0.25) is 10.1 Å². The smallest absolute Gasteiger partial charge is 0.319 e. The summed E-state index contributed by atoms with van der Waals surface area (Å²) in [5.41, 5.74) is 0.525. The second-order valence-electron chi connectivity index (χ2n) is 5.46. The quantitative estimate of drug-likeness (QED) is 0.517. The number of halogens is 1. The first-order valence-corrected chi connectivity index (χ1v) is 7.72. The summed E-state index contributed by atoms with van der Waals surface area (Å²) in [6, 6.07) is 9.04. The van der Waals surface area contributed by atoms with E-state index in [1.807, 2.05) is 0 Å². The lowest BCUT2D eigenvalue weighted by Crippen LogP contribution is -2.37. The fraction of sp³-hybridized carbons (Fsp3) is 0.235. The molecule has 8 nitrogen and oxygen atoms in total.